The number of halogens is 2. The number of benzene rings is 3. The molecule has 0 aliphatic heterocycles. The van der Waals surface area contributed by atoms with Gasteiger partial charge in [0.15, 0.2) is 0 Å². The molecule has 0 aromatic heterocycles. The van der Waals surface area contributed by atoms with Gasteiger partial charge in [-0.25, -0.2) is 0 Å². The fraction of sp³-hybridized carbons (Fsp3) is 0. The van der Waals surface area contributed by atoms with Gasteiger partial charge in [-0.05, 0) is 48.0 Å². The summed E-state index contributed by atoms with van der Waals surface area (Å²) in [5.41, 5.74) is 1.64. The van der Waals surface area contributed by atoms with Crippen molar-refractivity contribution in [1.29, 1.82) is 5.26 Å². The number of para-hydroxylation sites is 2. The van der Waals surface area contributed by atoms with Gasteiger partial charge in [-0.1, -0.05) is 59.6 Å². The van der Waals surface area contributed by atoms with Crippen molar-refractivity contribution >= 4 is 52.5 Å². The van der Waals surface area contributed by atoms with Gasteiger partial charge in [0.05, 0.1) is 33.1 Å². The van der Waals surface area contributed by atoms with Crippen LogP contribution in [-0.2, 0) is 9.59 Å². The zero-order chi connectivity index (χ0) is 21.5. The van der Waals surface area contributed by atoms with E-state index in [4.69, 9.17) is 28.5 Å². The van der Waals surface area contributed by atoms with Gasteiger partial charge in [0.25, 0.3) is 11.8 Å². The first-order valence-electron chi connectivity index (χ1n) is 8.81. The van der Waals surface area contributed by atoms with Gasteiger partial charge < -0.3 is 10.6 Å². The summed E-state index contributed by atoms with van der Waals surface area (Å²) < 4.78 is 0. The Morgan fingerprint density at radius 1 is 0.767 bits per heavy atom. The highest BCUT2D eigenvalue weighted by Gasteiger charge is 2.20. The second-order valence-electron chi connectivity index (χ2n) is 6.16. The van der Waals surface area contributed by atoms with Gasteiger partial charge in [0.1, 0.15) is 5.57 Å². The molecule has 3 aromatic rings. The molecule has 5 nitrogen and oxygen atoms in total. The fourth-order valence-corrected chi connectivity index (χ4v) is 2.93. The SMILES string of the molecule is N#Cc1ccc(C=C(C(=O)Nc2ccccc2Cl)C(=O)Nc2ccccc2Cl)cc1. The number of hydrogen-bond donors (Lipinski definition) is 2. The number of anilines is 2. The lowest BCUT2D eigenvalue weighted by atomic mass is 10.1. The minimum atomic E-state index is -0.642. The number of amides is 2. The molecule has 2 amide bonds. The van der Waals surface area contributed by atoms with Crippen molar-refractivity contribution in [2.75, 3.05) is 10.6 Å². The molecule has 0 fully saturated rings. The predicted molar refractivity (Wildman–Crippen MR) is 119 cm³/mol. The lowest BCUT2D eigenvalue weighted by Crippen LogP contribution is -2.25. The molecule has 0 spiro atoms. The molecule has 7 heteroatoms. The van der Waals surface area contributed by atoms with Crippen LogP contribution < -0.4 is 10.6 Å². The molecular weight excluding hydrogens is 421 g/mol. The Kier molecular flexibility index (Phi) is 6.87. The standard InChI is InChI=1S/C23H15Cl2N3O2/c24-18-5-1-3-7-20(18)27-22(29)17(13-15-9-11-16(14-26)12-10-15)23(30)28-21-8-4-2-6-19(21)25/h1-13H,(H,27,29)(H,28,30). The first-order valence-corrected chi connectivity index (χ1v) is 9.57. The van der Waals surface area contributed by atoms with E-state index in [1.54, 1.807) is 72.8 Å². The zero-order valence-corrected chi connectivity index (χ0v) is 17.0. The highest BCUT2D eigenvalue weighted by molar-refractivity contribution is 6.36. The fourth-order valence-electron chi connectivity index (χ4n) is 2.56. The van der Waals surface area contributed by atoms with Crippen LogP contribution in [-0.4, -0.2) is 11.8 Å². The molecule has 30 heavy (non-hydrogen) atoms. The van der Waals surface area contributed by atoms with Crippen molar-refractivity contribution in [3.8, 4) is 6.07 Å². The van der Waals surface area contributed by atoms with E-state index in [-0.39, 0.29) is 5.57 Å². The molecule has 0 saturated carbocycles. The quantitative estimate of drug-likeness (QED) is 0.314. The Labute approximate surface area is 183 Å². The molecule has 148 valence electrons. The third-order valence-electron chi connectivity index (χ3n) is 4.08. The van der Waals surface area contributed by atoms with Crippen molar-refractivity contribution < 1.29 is 9.59 Å². The number of rotatable bonds is 5. The number of hydrogen-bond acceptors (Lipinski definition) is 3. The molecule has 3 rings (SSSR count). The molecule has 0 saturated heterocycles. The summed E-state index contributed by atoms with van der Waals surface area (Å²) in [6, 6.07) is 21.9. The second kappa shape index (κ2) is 9.75. The Balaban J connectivity index is 1.94. The predicted octanol–water partition coefficient (Wildman–Crippen LogP) is 5.53. The van der Waals surface area contributed by atoms with Gasteiger partial charge in [0, 0.05) is 0 Å². The summed E-state index contributed by atoms with van der Waals surface area (Å²) in [6.07, 6.45) is 1.43. The van der Waals surface area contributed by atoms with Crippen LogP contribution in [0.15, 0.2) is 78.4 Å². The highest BCUT2D eigenvalue weighted by atomic mass is 35.5. The molecule has 0 aliphatic carbocycles. The van der Waals surface area contributed by atoms with Gasteiger partial charge in [-0.2, -0.15) is 5.26 Å². The Morgan fingerprint density at radius 2 is 1.23 bits per heavy atom. The molecule has 2 N–H and O–H groups in total. The van der Waals surface area contributed by atoms with Crippen LogP contribution in [0.4, 0.5) is 11.4 Å². The maximum atomic E-state index is 12.9. The molecule has 0 bridgehead atoms. The number of nitrogens with zero attached hydrogens (tertiary/aromatic N) is 1. The maximum absolute atomic E-state index is 12.9. The molecule has 0 heterocycles. The van der Waals surface area contributed by atoms with Gasteiger partial charge in [-0.15, -0.1) is 0 Å². The molecule has 0 radical (unpaired) electrons. The third kappa shape index (κ3) is 5.26. The maximum Gasteiger partial charge on any atom is 0.261 e. The van der Waals surface area contributed by atoms with Crippen LogP contribution in [0.2, 0.25) is 10.0 Å². The summed E-state index contributed by atoms with van der Waals surface area (Å²) in [5.74, 6) is -1.28. The van der Waals surface area contributed by atoms with Crippen LogP contribution >= 0.6 is 23.2 Å². The summed E-state index contributed by atoms with van der Waals surface area (Å²) >= 11 is 12.2. The van der Waals surface area contributed by atoms with Crippen LogP contribution in [0, 0.1) is 11.3 Å². The van der Waals surface area contributed by atoms with Crippen molar-refractivity contribution in [2.24, 2.45) is 0 Å². The summed E-state index contributed by atoms with van der Waals surface area (Å²) in [4.78, 5) is 25.8. The van der Waals surface area contributed by atoms with Crippen molar-refractivity contribution in [1.82, 2.24) is 0 Å². The lowest BCUT2D eigenvalue weighted by molar-refractivity contribution is -0.118. The summed E-state index contributed by atoms with van der Waals surface area (Å²) in [6.45, 7) is 0. The van der Waals surface area contributed by atoms with Crippen molar-refractivity contribution in [3.63, 3.8) is 0 Å². The highest BCUT2D eigenvalue weighted by Crippen LogP contribution is 2.24. The van der Waals surface area contributed by atoms with E-state index in [1.807, 2.05) is 6.07 Å². The van der Waals surface area contributed by atoms with Crippen LogP contribution in [0.5, 0.6) is 0 Å². The molecule has 3 aromatic carbocycles. The Bertz CT molecular complexity index is 1100. The van der Waals surface area contributed by atoms with E-state index in [9.17, 15) is 9.59 Å². The first kappa shape index (κ1) is 21.1. The van der Waals surface area contributed by atoms with Crippen LogP contribution in [0.3, 0.4) is 0 Å². The van der Waals surface area contributed by atoms with Crippen molar-refractivity contribution in [2.45, 2.75) is 0 Å². The Hall–Kier alpha value is -3.59. The molecular formula is C23H15Cl2N3O2. The topological polar surface area (TPSA) is 82.0 Å². The molecule has 0 aliphatic rings. The van der Waals surface area contributed by atoms with E-state index in [1.165, 1.54) is 6.08 Å². The van der Waals surface area contributed by atoms with Crippen LogP contribution in [0.25, 0.3) is 6.08 Å². The largest absolute Gasteiger partial charge is 0.320 e. The van der Waals surface area contributed by atoms with E-state index < -0.39 is 11.8 Å². The average Bonchev–Trinajstić information content (AvgIpc) is 2.75. The normalized spacial score (nSPS) is 9.90. The minimum Gasteiger partial charge on any atom is -0.320 e. The van der Waals surface area contributed by atoms with Gasteiger partial charge >= 0.3 is 0 Å². The smallest absolute Gasteiger partial charge is 0.261 e. The number of carbonyl (C=O) groups is 2. The van der Waals surface area contributed by atoms with E-state index in [2.05, 4.69) is 10.6 Å². The number of nitriles is 1. The Morgan fingerprint density at radius 3 is 1.67 bits per heavy atom. The minimum absolute atomic E-state index is 0.153. The average molecular weight is 436 g/mol. The first-order chi connectivity index (χ1) is 14.5. The monoisotopic (exact) mass is 435 g/mol. The molecule has 0 unspecified atom stereocenters. The number of carbonyl (C=O) groups excluding carboxylic acids is 2. The molecule has 0 atom stereocenters. The van der Waals surface area contributed by atoms with Gasteiger partial charge in [0.2, 0.25) is 0 Å². The number of nitrogens with one attached hydrogen (secondary N) is 2. The van der Waals surface area contributed by atoms with E-state index in [0.717, 1.165) is 0 Å². The zero-order valence-electron chi connectivity index (χ0n) is 15.5. The van der Waals surface area contributed by atoms with E-state index >= 15 is 0 Å². The van der Waals surface area contributed by atoms with Crippen molar-refractivity contribution in [3.05, 3.63) is 99.5 Å². The summed E-state index contributed by atoms with van der Waals surface area (Å²) in [7, 11) is 0. The third-order valence-corrected chi connectivity index (χ3v) is 4.74. The summed E-state index contributed by atoms with van der Waals surface area (Å²) in [5, 5.41) is 14.9. The second-order valence-corrected chi connectivity index (χ2v) is 6.97. The lowest BCUT2D eigenvalue weighted by Gasteiger charge is -2.12. The van der Waals surface area contributed by atoms with Gasteiger partial charge in [-0.3, -0.25) is 9.59 Å². The van der Waals surface area contributed by atoms with Crippen LogP contribution in [0.1, 0.15) is 11.1 Å². The van der Waals surface area contributed by atoms with E-state index in [0.29, 0.717) is 32.5 Å².